The molecule has 2 aliphatic carbocycles. The van der Waals surface area contributed by atoms with Crippen molar-refractivity contribution in [1.29, 1.82) is 0 Å². The Kier molecular flexibility index (Phi) is 8.58. The predicted molar refractivity (Wildman–Crippen MR) is 222 cm³/mol. The van der Waals surface area contributed by atoms with E-state index < -0.39 is 21.6 Å². The van der Waals surface area contributed by atoms with E-state index in [0.29, 0.717) is 31.2 Å². The molecule has 7 heterocycles. The number of thiophene rings is 2. The first-order valence-corrected chi connectivity index (χ1v) is 22.9. The van der Waals surface area contributed by atoms with Gasteiger partial charge in [0.25, 0.3) is 0 Å². The molecule has 0 bridgehead atoms. The molecule has 0 spiro atoms. The van der Waals surface area contributed by atoms with Crippen molar-refractivity contribution in [2.24, 2.45) is 7.05 Å². The lowest BCUT2D eigenvalue weighted by atomic mass is 9.92. The number of oxazole rings is 1. The van der Waals surface area contributed by atoms with Crippen LogP contribution in [0.25, 0.3) is 64.8 Å². The van der Waals surface area contributed by atoms with Crippen molar-refractivity contribution in [2.75, 3.05) is 11.5 Å². The van der Waals surface area contributed by atoms with Crippen molar-refractivity contribution >= 4 is 87.4 Å². The fraction of sp³-hybridized carbons (Fsp3) is 0.256. The summed E-state index contributed by atoms with van der Waals surface area (Å²) in [6.45, 7) is 1.96. The molecule has 0 saturated heterocycles. The van der Waals surface area contributed by atoms with Gasteiger partial charge in [-0.15, -0.1) is 34.0 Å². The molecule has 4 N–H and O–H groups in total. The summed E-state index contributed by atoms with van der Waals surface area (Å²) in [7, 11) is -0.597. The van der Waals surface area contributed by atoms with Crippen LogP contribution >= 0.6 is 34.0 Å². The highest BCUT2D eigenvalue weighted by Crippen LogP contribution is 2.47. The Labute approximate surface area is 333 Å². The smallest absolute Gasteiger partial charge is 0.335 e. The minimum Gasteiger partial charge on any atom is -0.402 e. The number of imidazole rings is 1. The number of thiazole rings is 1. The maximum Gasteiger partial charge on any atom is 0.335 e. The second kappa shape index (κ2) is 13.5. The Hall–Kier alpha value is -4.61. The molecule has 0 radical (unpaired) electrons. The molecule has 4 atom stereocenters. The third-order valence-corrected chi connectivity index (χ3v) is 18.4. The van der Waals surface area contributed by atoms with Gasteiger partial charge in [0.1, 0.15) is 34.8 Å². The molecule has 8 aromatic rings. The molecule has 2 saturated carbocycles. The first kappa shape index (κ1) is 34.8. The van der Waals surface area contributed by atoms with Crippen LogP contribution in [-0.2, 0) is 28.6 Å². The fourth-order valence-corrected chi connectivity index (χ4v) is 14.5. The lowest BCUT2D eigenvalue weighted by Gasteiger charge is -2.29. The molecular formula is C39H35N8O3S5+. The molecular weight excluding hydrogens is 789 g/mol. The van der Waals surface area contributed by atoms with Crippen LogP contribution in [0.5, 0.6) is 0 Å². The topological polar surface area (TPSA) is 160 Å². The maximum absolute atomic E-state index is 14.5. The van der Waals surface area contributed by atoms with Gasteiger partial charge in [0.2, 0.25) is 12.0 Å². The zero-order valence-electron chi connectivity index (χ0n) is 29.8. The Bertz CT molecular complexity index is 2820. The van der Waals surface area contributed by atoms with Gasteiger partial charge in [0, 0.05) is 41.3 Å². The van der Waals surface area contributed by atoms with Crippen molar-refractivity contribution in [3.8, 4) is 44.4 Å². The maximum atomic E-state index is 14.5. The molecule has 16 heteroatoms. The first-order valence-electron chi connectivity index (χ1n) is 17.9. The van der Waals surface area contributed by atoms with Crippen LogP contribution in [0.15, 0.2) is 85.8 Å². The minimum atomic E-state index is -1.41. The highest BCUT2D eigenvalue weighted by molar-refractivity contribution is 7.88. The number of hydrogen-bond donors (Lipinski definition) is 2. The van der Waals surface area contributed by atoms with Gasteiger partial charge in [-0.1, -0.05) is 36.8 Å². The molecule has 55 heavy (non-hydrogen) atoms. The second-order valence-electron chi connectivity index (χ2n) is 14.1. The summed E-state index contributed by atoms with van der Waals surface area (Å²) in [5, 5.41) is 1.59. The monoisotopic (exact) mass is 823 g/mol. The van der Waals surface area contributed by atoms with Gasteiger partial charge < -0.3 is 20.5 Å². The number of nitrogen functional groups attached to an aromatic ring is 2. The van der Waals surface area contributed by atoms with Crippen molar-refractivity contribution in [3.63, 3.8) is 0 Å². The van der Waals surface area contributed by atoms with E-state index in [-0.39, 0.29) is 16.5 Å². The Balaban J connectivity index is 0.999. The lowest BCUT2D eigenvalue weighted by Crippen LogP contribution is -2.51. The van der Waals surface area contributed by atoms with Gasteiger partial charge in [-0.05, 0) is 49.4 Å². The van der Waals surface area contributed by atoms with Crippen LogP contribution in [0.2, 0.25) is 0 Å². The summed E-state index contributed by atoms with van der Waals surface area (Å²) in [6.07, 6.45) is 11.9. The van der Waals surface area contributed by atoms with Crippen LogP contribution in [0.4, 0.5) is 11.4 Å². The lowest BCUT2D eigenvalue weighted by molar-refractivity contribution is -0.733. The van der Waals surface area contributed by atoms with Gasteiger partial charge in [-0.25, -0.2) is 15.0 Å². The van der Waals surface area contributed by atoms with Gasteiger partial charge in [-0.3, -0.25) is 13.4 Å². The van der Waals surface area contributed by atoms with Crippen molar-refractivity contribution in [3.05, 3.63) is 78.8 Å². The average Bonchev–Trinajstić information content (AvgIpc) is 4.00. The van der Waals surface area contributed by atoms with E-state index in [2.05, 4.69) is 9.97 Å². The zero-order valence-corrected chi connectivity index (χ0v) is 33.9. The van der Waals surface area contributed by atoms with Crippen molar-refractivity contribution in [1.82, 2.24) is 24.5 Å². The number of pyridine rings is 2. The average molecular weight is 824 g/mol. The number of hydrogen-bond acceptors (Lipinski definition) is 12. The molecule has 7 aromatic heterocycles. The largest absolute Gasteiger partial charge is 0.402 e. The number of aryl methyl sites for hydroxylation is 1. The number of fused-ring (bicyclic) bond motifs is 2. The summed E-state index contributed by atoms with van der Waals surface area (Å²) in [4.78, 5) is 21.2. The van der Waals surface area contributed by atoms with E-state index >= 15 is 0 Å². The van der Waals surface area contributed by atoms with Gasteiger partial charge >= 0.3 is 6.39 Å². The predicted octanol–water partition coefficient (Wildman–Crippen LogP) is 8.29. The van der Waals surface area contributed by atoms with Crippen LogP contribution in [0.3, 0.4) is 0 Å². The molecule has 1 aromatic carbocycles. The van der Waals surface area contributed by atoms with Gasteiger partial charge in [-0.2, -0.15) is 4.57 Å². The molecule has 11 nitrogen and oxygen atoms in total. The molecule has 0 amide bonds. The Morgan fingerprint density at radius 1 is 0.891 bits per heavy atom. The SMILES string of the molecule is Cc1ncc(-c2cc(-c3cncs3)nc3sc(S(=O)C4CCC4[n+]4coc(-c5cc(-c6ccccc6)c6c(N)c(S(=O)C7CCC7)sc6n5)c4)c(N)c23)n1C. The summed E-state index contributed by atoms with van der Waals surface area (Å²) in [5.74, 6) is 1.46. The molecule has 0 aliphatic heterocycles. The third-order valence-electron chi connectivity index (χ3n) is 11.0. The van der Waals surface area contributed by atoms with E-state index in [1.807, 2.05) is 84.2 Å². The number of rotatable bonds is 9. The number of nitrogens with zero attached hydrogens (tertiary/aromatic N) is 6. The van der Waals surface area contributed by atoms with E-state index in [0.717, 1.165) is 91.3 Å². The molecule has 278 valence electrons. The highest BCUT2D eigenvalue weighted by atomic mass is 32.2. The van der Waals surface area contributed by atoms with E-state index in [9.17, 15) is 8.42 Å². The fourth-order valence-electron chi connectivity index (χ4n) is 7.43. The second-order valence-corrected chi connectivity index (χ2v) is 20.7. The van der Waals surface area contributed by atoms with Crippen LogP contribution in [0, 0.1) is 6.92 Å². The Morgan fingerprint density at radius 3 is 2.24 bits per heavy atom. The summed E-state index contributed by atoms with van der Waals surface area (Å²) in [5.41, 5.74) is 21.7. The van der Waals surface area contributed by atoms with Gasteiger partial charge in [0.15, 0.2) is 6.04 Å². The van der Waals surface area contributed by atoms with Crippen molar-refractivity contribution < 1.29 is 17.4 Å². The minimum absolute atomic E-state index is 0.0611. The summed E-state index contributed by atoms with van der Waals surface area (Å²) in [6, 6.07) is 14.0. The standard InChI is InChI=1S/C39H35N8O3S5/c1-20-43-15-28(46(20)2)24-14-26(30-16-42-18-51-30)45-37-33(24)35(41)39(53-37)55(49)31-12-11-27(31)47-17-29(50-19-47)25-13-23(21-7-4-3-5-8-21)32-34(40)38(52-36(32)44-25)54(48)22-9-6-10-22/h3-5,7-8,13-19,22,27,31H,6,9-12,40-41H2,1-2H3/q+1. The number of benzene rings is 1. The molecule has 10 rings (SSSR count). The van der Waals surface area contributed by atoms with Crippen LogP contribution < -0.4 is 16.0 Å². The summed E-state index contributed by atoms with van der Waals surface area (Å²) < 4.78 is 39.6. The molecule has 2 fully saturated rings. The third kappa shape index (κ3) is 5.71. The number of anilines is 2. The molecule has 2 aliphatic rings. The van der Waals surface area contributed by atoms with E-state index in [4.69, 9.17) is 25.9 Å². The van der Waals surface area contributed by atoms with Crippen molar-refractivity contribution in [2.45, 2.75) is 64.0 Å². The highest BCUT2D eigenvalue weighted by Gasteiger charge is 2.45. The molecule has 4 unspecified atom stereocenters. The quantitative estimate of drug-likeness (QED) is 0.137. The van der Waals surface area contributed by atoms with Crippen LogP contribution in [-0.4, -0.2) is 43.4 Å². The normalized spacial score (nSPS) is 18.4. The Morgan fingerprint density at radius 2 is 1.60 bits per heavy atom. The number of nitrogens with two attached hydrogens (primary N) is 2. The van der Waals surface area contributed by atoms with Gasteiger partial charge in [0.05, 0.1) is 60.9 Å². The first-order chi connectivity index (χ1) is 26.7. The summed E-state index contributed by atoms with van der Waals surface area (Å²) >= 11 is 4.33. The zero-order chi connectivity index (χ0) is 37.5. The van der Waals surface area contributed by atoms with E-state index in [1.165, 1.54) is 34.0 Å². The van der Waals surface area contributed by atoms with Crippen LogP contribution in [0.1, 0.15) is 44.0 Å². The number of aromatic nitrogens is 6. The van der Waals surface area contributed by atoms with E-state index in [1.54, 1.807) is 11.9 Å².